The minimum atomic E-state index is -0.872. The van der Waals surface area contributed by atoms with Gasteiger partial charge in [-0.2, -0.15) is 0 Å². The quantitative estimate of drug-likeness (QED) is 0.842. The second-order valence-corrected chi connectivity index (χ2v) is 4.62. The van der Waals surface area contributed by atoms with E-state index in [1.54, 1.807) is 6.92 Å². The van der Waals surface area contributed by atoms with Crippen LogP contribution in [-0.4, -0.2) is 34.6 Å². The molecular formula is C12H13F2NO2. The van der Waals surface area contributed by atoms with E-state index in [4.69, 9.17) is 0 Å². The smallest absolute Gasteiger partial charge is 0.227 e. The molecule has 92 valence electrons. The first kappa shape index (κ1) is 12.0. The summed E-state index contributed by atoms with van der Waals surface area (Å²) in [5.41, 5.74) is -1.09. The molecule has 1 aliphatic heterocycles. The lowest BCUT2D eigenvalue weighted by molar-refractivity contribution is -0.151. The van der Waals surface area contributed by atoms with Gasteiger partial charge in [0.2, 0.25) is 5.91 Å². The van der Waals surface area contributed by atoms with Gasteiger partial charge >= 0.3 is 0 Å². The fourth-order valence-electron chi connectivity index (χ4n) is 1.92. The van der Waals surface area contributed by atoms with Crippen LogP contribution < -0.4 is 0 Å². The Morgan fingerprint density at radius 3 is 2.41 bits per heavy atom. The Bertz CT molecular complexity index is 432. The van der Waals surface area contributed by atoms with Gasteiger partial charge in [0.05, 0.1) is 25.1 Å². The van der Waals surface area contributed by atoms with Gasteiger partial charge in [-0.05, 0) is 19.1 Å². The Labute approximate surface area is 97.7 Å². The SMILES string of the molecule is CC1(O)CN(C(=O)Cc2c(F)cccc2F)C1. The molecular weight excluding hydrogens is 228 g/mol. The first-order valence-corrected chi connectivity index (χ1v) is 5.32. The summed E-state index contributed by atoms with van der Waals surface area (Å²) in [5, 5.41) is 9.47. The third-order valence-corrected chi connectivity index (χ3v) is 2.81. The van der Waals surface area contributed by atoms with Crippen LogP contribution in [0.5, 0.6) is 0 Å². The monoisotopic (exact) mass is 241 g/mol. The van der Waals surface area contributed by atoms with Gasteiger partial charge in [0.1, 0.15) is 11.6 Å². The van der Waals surface area contributed by atoms with E-state index in [0.29, 0.717) is 0 Å². The maximum Gasteiger partial charge on any atom is 0.227 e. The minimum Gasteiger partial charge on any atom is -0.386 e. The molecule has 0 aliphatic carbocycles. The number of hydrogen-bond acceptors (Lipinski definition) is 2. The van der Waals surface area contributed by atoms with E-state index in [-0.39, 0.29) is 31.0 Å². The summed E-state index contributed by atoms with van der Waals surface area (Å²) in [6.45, 7) is 2.03. The van der Waals surface area contributed by atoms with Crippen LogP contribution in [0, 0.1) is 11.6 Å². The van der Waals surface area contributed by atoms with Crippen molar-refractivity contribution in [3.8, 4) is 0 Å². The van der Waals surface area contributed by atoms with Gasteiger partial charge in [-0.3, -0.25) is 4.79 Å². The number of halogens is 2. The predicted molar refractivity (Wildman–Crippen MR) is 57.3 cm³/mol. The molecule has 1 N–H and O–H groups in total. The van der Waals surface area contributed by atoms with E-state index in [1.165, 1.54) is 11.0 Å². The third-order valence-electron chi connectivity index (χ3n) is 2.81. The van der Waals surface area contributed by atoms with Crippen LogP contribution in [0.3, 0.4) is 0 Å². The van der Waals surface area contributed by atoms with Gasteiger partial charge in [-0.15, -0.1) is 0 Å². The van der Waals surface area contributed by atoms with Crippen LogP contribution in [0.1, 0.15) is 12.5 Å². The van der Waals surface area contributed by atoms with Gasteiger partial charge < -0.3 is 10.0 Å². The fraction of sp³-hybridized carbons (Fsp3) is 0.417. The van der Waals surface area contributed by atoms with Crippen molar-refractivity contribution in [2.75, 3.05) is 13.1 Å². The number of hydrogen-bond donors (Lipinski definition) is 1. The zero-order valence-electron chi connectivity index (χ0n) is 9.41. The molecule has 0 unspecified atom stereocenters. The molecule has 1 saturated heterocycles. The van der Waals surface area contributed by atoms with Gasteiger partial charge in [-0.1, -0.05) is 6.07 Å². The normalized spacial score (nSPS) is 17.8. The van der Waals surface area contributed by atoms with E-state index in [9.17, 15) is 18.7 Å². The van der Waals surface area contributed by atoms with Crippen molar-refractivity contribution in [3.05, 3.63) is 35.4 Å². The van der Waals surface area contributed by atoms with Crippen molar-refractivity contribution in [2.24, 2.45) is 0 Å². The molecule has 0 spiro atoms. The van der Waals surface area contributed by atoms with Crippen molar-refractivity contribution in [1.29, 1.82) is 0 Å². The van der Waals surface area contributed by atoms with E-state index in [0.717, 1.165) is 12.1 Å². The number of likely N-dealkylation sites (tertiary alicyclic amines) is 1. The van der Waals surface area contributed by atoms with E-state index >= 15 is 0 Å². The molecule has 0 bridgehead atoms. The lowest BCUT2D eigenvalue weighted by Crippen LogP contribution is -2.62. The molecule has 1 aromatic rings. The lowest BCUT2D eigenvalue weighted by Gasteiger charge is -2.44. The maximum atomic E-state index is 13.3. The second-order valence-electron chi connectivity index (χ2n) is 4.62. The van der Waals surface area contributed by atoms with Crippen LogP contribution in [0.25, 0.3) is 0 Å². The molecule has 0 atom stereocenters. The summed E-state index contributed by atoms with van der Waals surface area (Å²) in [4.78, 5) is 13.0. The molecule has 5 heteroatoms. The summed E-state index contributed by atoms with van der Waals surface area (Å²) in [5.74, 6) is -1.81. The number of aliphatic hydroxyl groups is 1. The molecule has 1 aliphatic rings. The topological polar surface area (TPSA) is 40.5 Å². The molecule has 0 aromatic heterocycles. The molecule has 17 heavy (non-hydrogen) atoms. The average Bonchev–Trinajstić information content (AvgIpc) is 2.20. The summed E-state index contributed by atoms with van der Waals surface area (Å²) in [7, 11) is 0. The van der Waals surface area contributed by atoms with Crippen LogP contribution in [0.15, 0.2) is 18.2 Å². The molecule has 1 amide bonds. The number of β-amino-alcohol motifs (C(OH)–C–C–N with tert-alkyl or cyclic N) is 1. The Hall–Kier alpha value is -1.49. The van der Waals surface area contributed by atoms with Crippen LogP contribution in [-0.2, 0) is 11.2 Å². The zero-order chi connectivity index (χ0) is 12.6. The first-order chi connectivity index (χ1) is 7.89. The van der Waals surface area contributed by atoms with Crippen LogP contribution in [0.4, 0.5) is 8.78 Å². The van der Waals surface area contributed by atoms with Crippen molar-refractivity contribution in [3.63, 3.8) is 0 Å². The highest BCUT2D eigenvalue weighted by Crippen LogP contribution is 2.22. The fourth-order valence-corrected chi connectivity index (χ4v) is 1.92. The molecule has 0 radical (unpaired) electrons. The summed E-state index contributed by atoms with van der Waals surface area (Å²) in [6, 6.07) is 3.50. The number of rotatable bonds is 2. The van der Waals surface area contributed by atoms with Crippen LogP contribution in [0.2, 0.25) is 0 Å². The summed E-state index contributed by atoms with van der Waals surface area (Å²) >= 11 is 0. The molecule has 2 rings (SSSR count). The lowest BCUT2D eigenvalue weighted by atomic mass is 9.96. The largest absolute Gasteiger partial charge is 0.386 e. The summed E-state index contributed by atoms with van der Waals surface area (Å²) in [6.07, 6.45) is -0.311. The molecule has 3 nitrogen and oxygen atoms in total. The highest BCUT2D eigenvalue weighted by Gasteiger charge is 2.39. The van der Waals surface area contributed by atoms with E-state index in [1.807, 2.05) is 0 Å². The van der Waals surface area contributed by atoms with Crippen molar-refractivity contribution in [2.45, 2.75) is 18.9 Å². The van der Waals surface area contributed by atoms with Gasteiger partial charge in [0, 0.05) is 5.56 Å². The molecule has 1 aromatic carbocycles. The first-order valence-electron chi connectivity index (χ1n) is 5.32. The number of carbonyl (C=O) groups is 1. The zero-order valence-corrected chi connectivity index (χ0v) is 9.41. The Kier molecular flexibility index (Phi) is 2.87. The van der Waals surface area contributed by atoms with Crippen molar-refractivity contribution < 1.29 is 18.7 Å². The number of nitrogens with zero attached hydrogens (tertiary/aromatic N) is 1. The van der Waals surface area contributed by atoms with Crippen LogP contribution >= 0.6 is 0 Å². The second kappa shape index (κ2) is 4.07. The maximum absolute atomic E-state index is 13.3. The highest BCUT2D eigenvalue weighted by molar-refractivity contribution is 5.80. The number of benzene rings is 1. The minimum absolute atomic E-state index is 0.210. The average molecular weight is 241 g/mol. The van der Waals surface area contributed by atoms with Gasteiger partial charge in [0.25, 0.3) is 0 Å². The third kappa shape index (κ3) is 2.44. The Balaban J connectivity index is 2.05. The Morgan fingerprint density at radius 1 is 1.41 bits per heavy atom. The van der Waals surface area contributed by atoms with Gasteiger partial charge in [-0.25, -0.2) is 8.78 Å². The Morgan fingerprint density at radius 2 is 1.94 bits per heavy atom. The number of amides is 1. The van der Waals surface area contributed by atoms with E-state index < -0.39 is 17.2 Å². The van der Waals surface area contributed by atoms with Gasteiger partial charge in [0.15, 0.2) is 0 Å². The molecule has 1 fully saturated rings. The standard InChI is InChI=1S/C12H13F2NO2/c1-12(17)6-15(7-12)11(16)5-8-9(13)3-2-4-10(8)14/h2-4,17H,5-7H2,1H3. The predicted octanol–water partition coefficient (Wildman–Crippen LogP) is 1.10. The summed E-state index contributed by atoms with van der Waals surface area (Å²) < 4.78 is 26.6. The number of carbonyl (C=O) groups excluding carboxylic acids is 1. The van der Waals surface area contributed by atoms with E-state index in [2.05, 4.69) is 0 Å². The van der Waals surface area contributed by atoms with Crippen molar-refractivity contribution >= 4 is 5.91 Å². The molecule has 0 saturated carbocycles. The highest BCUT2D eigenvalue weighted by atomic mass is 19.1. The molecule has 1 heterocycles. The van der Waals surface area contributed by atoms with Crippen molar-refractivity contribution in [1.82, 2.24) is 4.90 Å².